The summed E-state index contributed by atoms with van der Waals surface area (Å²) in [5, 5.41) is 4.12. The molecular formula is C18H23ClN2O2S. The fourth-order valence-electron chi connectivity index (χ4n) is 2.20. The summed E-state index contributed by atoms with van der Waals surface area (Å²) in [6.45, 7) is 3.21. The van der Waals surface area contributed by atoms with Gasteiger partial charge in [-0.25, -0.2) is 0 Å². The van der Waals surface area contributed by atoms with Gasteiger partial charge in [0.1, 0.15) is 12.4 Å². The monoisotopic (exact) mass is 366 g/mol. The van der Waals surface area contributed by atoms with Gasteiger partial charge < -0.3 is 10.1 Å². The topological polar surface area (TPSA) is 51.2 Å². The third kappa shape index (κ3) is 6.59. The summed E-state index contributed by atoms with van der Waals surface area (Å²) in [6, 6.07) is 9.78. The molecule has 130 valence electrons. The maximum absolute atomic E-state index is 11.2. The minimum atomic E-state index is -0.758. The molecule has 2 rings (SSSR count). The van der Waals surface area contributed by atoms with E-state index in [-0.39, 0.29) is 6.04 Å². The summed E-state index contributed by atoms with van der Waals surface area (Å²) in [6.07, 6.45) is 6.14. The van der Waals surface area contributed by atoms with E-state index >= 15 is 0 Å². The average Bonchev–Trinajstić information content (AvgIpc) is 2.58. The van der Waals surface area contributed by atoms with Crippen LogP contribution >= 0.6 is 11.6 Å². The maximum Gasteiger partial charge on any atom is 0.124 e. The first-order valence-electron chi connectivity index (χ1n) is 7.88. The van der Waals surface area contributed by atoms with Crippen molar-refractivity contribution in [1.82, 2.24) is 10.3 Å². The predicted molar refractivity (Wildman–Crippen MR) is 99.9 cm³/mol. The van der Waals surface area contributed by atoms with Crippen molar-refractivity contribution in [2.45, 2.75) is 32.5 Å². The van der Waals surface area contributed by atoms with E-state index in [0.29, 0.717) is 23.9 Å². The molecule has 0 saturated carbocycles. The molecule has 0 fully saturated rings. The molecule has 2 atom stereocenters. The normalized spacial score (nSPS) is 13.5. The summed E-state index contributed by atoms with van der Waals surface area (Å²) >= 11 is 6.12. The Hall–Kier alpha value is -1.43. The van der Waals surface area contributed by atoms with Crippen LogP contribution in [0, 0.1) is 0 Å². The van der Waals surface area contributed by atoms with Gasteiger partial charge in [0.2, 0.25) is 0 Å². The first kappa shape index (κ1) is 18.9. The molecule has 2 aromatic rings. The first-order valence-corrected chi connectivity index (χ1v) is 9.98. The van der Waals surface area contributed by atoms with E-state index in [1.165, 1.54) is 0 Å². The SMILES string of the molecule is C[C@H](CC[S@](C)=O)NCc1cc(Cl)ccc1OCc1cccnc1. The lowest BCUT2D eigenvalue weighted by atomic mass is 10.1. The first-order chi connectivity index (χ1) is 11.5. The molecule has 0 spiro atoms. The van der Waals surface area contributed by atoms with Gasteiger partial charge in [-0.2, -0.15) is 0 Å². The molecule has 4 nitrogen and oxygen atoms in total. The zero-order valence-corrected chi connectivity index (χ0v) is 15.6. The number of nitrogens with zero attached hydrogens (tertiary/aromatic N) is 1. The number of hydrogen-bond donors (Lipinski definition) is 1. The Bertz CT molecular complexity index is 667. The Morgan fingerprint density at radius 2 is 2.21 bits per heavy atom. The summed E-state index contributed by atoms with van der Waals surface area (Å²) in [4.78, 5) is 4.09. The second-order valence-corrected chi connectivity index (χ2v) is 7.74. The van der Waals surface area contributed by atoms with Crippen molar-refractivity contribution in [3.63, 3.8) is 0 Å². The summed E-state index contributed by atoms with van der Waals surface area (Å²) in [7, 11) is -0.758. The summed E-state index contributed by atoms with van der Waals surface area (Å²) in [5.74, 6) is 1.51. The highest BCUT2D eigenvalue weighted by atomic mass is 35.5. The van der Waals surface area contributed by atoms with Crippen LogP contribution in [-0.2, 0) is 24.0 Å². The fourth-order valence-corrected chi connectivity index (χ4v) is 3.08. The molecule has 1 aromatic carbocycles. The van der Waals surface area contributed by atoms with Gasteiger partial charge in [-0.15, -0.1) is 0 Å². The van der Waals surface area contributed by atoms with E-state index in [1.54, 1.807) is 18.6 Å². The third-order valence-electron chi connectivity index (χ3n) is 3.62. The molecule has 1 heterocycles. The Balaban J connectivity index is 1.95. The van der Waals surface area contributed by atoms with Gasteiger partial charge in [-0.3, -0.25) is 9.19 Å². The number of halogens is 1. The minimum Gasteiger partial charge on any atom is -0.489 e. The quantitative estimate of drug-likeness (QED) is 0.737. The van der Waals surface area contributed by atoms with E-state index in [2.05, 4.69) is 17.2 Å². The van der Waals surface area contributed by atoms with Crippen LogP contribution < -0.4 is 10.1 Å². The van der Waals surface area contributed by atoms with Crippen molar-refractivity contribution in [3.8, 4) is 5.75 Å². The van der Waals surface area contributed by atoms with Gasteiger partial charge in [0.05, 0.1) is 0 Å². The average molecular weight is 367 g/mol. The number of hydrogen-bond acceptors (Lipinski definition) is 4. The van der Waals surface area contributed by atoms with Crippen LogP contribution in [0.25, 0.3) is 0 Å². The molecule has 0 aliphatic rings. The number of rotatable bonds is 9. The number of aromatic nitrogens is 1. The van der Waals surface area contributed by atoms with Crippen LogP contribution in [-0.4, -0.2) is 27.2 Å². The lowest BCUT2D eigenvalue weighted by Gasteiger charge is -2.16. The Morgan fingerprint density at radius 1 is 1.38 bits per heavy atom. The standard InChI is InChI=1S/C18H23ClN2O2S/c1-14(7-9-24(2)22)21-12-16-10-17(19)5-6-18(16)23-13-15-4-3-8-20-11-15/h3-6,8,10-11,14,21H,7,9,12-13H2,1-2H3/t14-,24+/m1/s1. The van der Waals surface area contributed by atoms with Crippen molar-refractivity contribution in [3.05, 3.63) is 58.9 Å². The van der Waals surface area contributed by atoms with E-state index in [1.807, 2.05) is 30.3 Å². The van der Waals surface area contributed by atoms with Gasteiger partial charge in [0.25, 0.3) is 0 Å². The van der Waals surface area contributed by atoms with Crippen molar-refractivity contribution < 1.29 is 8.95 Å². The van der Waals surface area contributed by atoms with E-state index in [9.17, 15) is 4.21 Å². The minimum absolute atomic E-state index is 0.277. The molecule has 0 saturated heterocycles. The molecule has 0 aliphatic carbocycles. The lowest BCUT2D eigenvalue weighted by Crippen LogP contribution is -2.27. The lowest BCUT2D eigenvalue weighted by molar-refractivity contribution is 0.301. The molecule has 24 heavy (non-hydrogen) atoms. The van der Waals surface area contributed by atoms with Crippen molar-refractivity contribution in [2.75, 3.05) is 12.0 Å². The summed E-state index contributed by atoms with van der Waals surface area (Å²) in [5.41, 5.74) is 2.03. The largest absolute Gasteiger partial charge is 0.489 e. The Morgan fingerprint density at radius 3 is 2.92 bits per heavy atom. The highest BCUT2D eigenvalue weighted by Crippen LogP contribution is 2.24. The maximum atomic E-state index is 11.2. The van der Waals surface area contributed by atoms with Crippen LogP contribution in [0.5, 0.6) is 5.75 Å². The third-order valence-corrected chi connectivity index (χ3v) is 4.66. The molecule has 0 radical (unpaired) electrons. The molecule has 1 N–H and O–H groups in total. The van der Waals surface area contributed by atoms with Gasteiger partial charge >= 0.3 is 0 Å². The molecule has 0 aliphatic heterocycles. The van der Waals surface area contributed by atoms with Crippen molar-refractivity contribution >= 4 is 22.4 Å². The van der Waals surface area contributed by atoms with Crippen molar-refractivity contribution in [1.29, 1.82) is 0 Å². The van der Waals surface area contributed by atoms with Crippen molar-refractivity contribution in [2.24, 2.45) is 0 Å². The smallest absolute Gasteiger partial charge is 0.124 e. The number of ether oxygens (including phenoxy) is 1. The second kappa shape index (κ2) is 9.77. The van der Waals surface area contributed by atoms with Crippen LogP contribution in [0.1, 0.15) is 24.5 Å². The highest BCUT2D eigenvalue weighted by Gasteiger charge is 2.08. The van der Waals surface area contributed by atoms with Crippen LogP contribution in [0.3, 0.4) is 0 Å². The van der Waals surface area contributed by atoms with E-state index in [0.717, 1.165) is 23.3 Å². The molecular weight excluding hydrogens is 344 g/mol. The second-order valence-electron chi connectivity index (χ2n) is 5.75. The van der Waals surface area contributed by atoms with Crippen LogP contribution in [0.2, 0.25) is 5.02 Å². The van der Waals surface area contributed by atoms with Gasteiger partial charge in [0.15, 0.2) is 0 Å². The number of benzene rings is 1. The zero-order valence-electron chi connectivity index (χ0n) is 14.0. The van der Waals surface area contributed by atoms with Crippen LogP contribution in [0.4, 0.5) is 0 Å². The van der Waals surface area contributed by atoms with E-state index < -0.39 is 10.8 Å². The molecule has 6 heteroatoms. The molecule has 0 bridgehead atoms. The van der Waals surface area contributed by atoms with Crippen LogP contribution in [0.15, 0.2) is 42.7 Å². The highest BCUT2D eigenvalue weighted by molar-refractivity contribution is 7.84. The Kier molecular flexibility index (Phi) is 7.69. The fraction of sp³-hybridized carbons (Fsp3) is 0.389. The van der Waals surface area contributed by atoms with Gasteiger partial charge in [-0.1, -0.05) is 17.7 Å². The molecule has 1 aromatic heterocycles. The predicted octanol–water partition coefficient (Wildman–Crippen LogP) is 3.56. The Labute approximate surface area is 151 Å². The number of pyridine rings is 1. The summed E-state index contributed by atoms with van der Waals surface area (Å²) < 4.78 is 17.1. The van der Waals surface area contributed by atoms with E-state index in [4.69, 9.17) is 16.3 Å². The van der Waals surface area contributed by atoms with Gasteiger partial charge in [0, 0.05) is 63.9 Å². The molecule has 0 amide bonds. The molecule has 0 unspecified atom stereocenters. The van der Waals surface area contributed by atoms with Gasteiger partial charge in [-0.05, 0) is 37.6 Å². The zero-order chi connectivity index (χ0) is 17.4. The number of nitrogens with one attached hydrogen (secondary N) is 1.